The highest BCUT2D eigenvalue weighted by molar-refractivity contribution is 8.00. The first-order valence-electron chi connectivity index (χ1n) is 3.53. The Bertz CT molecular complexity index is 133. The van der Waals surface area contributed by atoms with Crippen LogP contribution in [-0.2, 0) is 0 Å². The maximum atomic E-state index is 11.7. The summed E-state index contributed by atoms with van der Waals surface area (Å²) in [6.07, 6.45) is 0.487. The molecule has 0 amide bonds. The topological polar surface area (TPSA) is 0 Å². The minimum absolute atomic E-state index is 0.0172. The van der Waals surface area contributed by atoms with E-state index < -0.39 is 5.51 Å². The van der Waals surface area contributed by atoms with Crippen molar-refractivity contribution >= 4 is 23.4 Å². The van der Waals surface area contributed by atoms with Crippen LogP contribution >= 0.6 is 23.4 Å². The Balaban J connectivity index is 3.57. The number of hydrogen-bond donors (Lipinski definition) is 0. The second-order valence-electron chi connectivity index (χ2n) is 3.34. The Morgan fingerprint density at radius 1 is 1.25 bits per heavy atom. The summed E-state index contributed by atoms with van der Waals surface area (Å²) in [4.78, 5) is 0. The molecular weight excluding hydrogens is 209 g/mol. The molecule has 0 bridgehead atoms. The predicted molar refractivity (Wildman–Crippen MR) is 47.6 cm³/mol. The number of alkyl halides is 4. The van der Waals surface area contributed by atoms with Gasteiger partial charge in [-0.05, 0) is 11.8 Å². The summed E-state index contributed by atoms with van der Waals surface area (Å²) in [6, 6.07) is 0. The van der Waals surface area contributed by atoms with Gasteiger partial charge >= 0.3 is 5.51 Å². The number of hydrogen-bond acceptors (Lipinski definition) is 1. The third-order valence-electron chi connectivity index (χ3n) is 1.41. The van der Waals surface area contributed by atoms with Gasteiger partial charge in [-0.3, -0.25) is 0 Å². The van der Waals surface area contributed by atoms with E-state index in [0.29, 0.717) is 12.3 Å². The Morgan fingerprint density at radius 3 is 2.08 bits per heavy atom. The molecule has 0 fully saturated rings. The molecule has 0 nitrogen and oxygen atoms in total. The fraction of sp³-hybridized carbons (Fsp3) is 1.00. The third-order valence-corrected chi connectivity index (χ3v) is 2.87. The van der Waals surface area contributed by atoms with E-state index in [9.17, 15) is 13.2 Å². The fourth-order valence-electron chi connectivity index (χ4n) is 0.510. The summed E-state index contributed by atoms with van der Waals surface area (Å²) < 4.78 is 35.0. The first kappa shape index (κ1) is 12.4. The van der Waals surface area contributed by atoms with Crippen LogP contribution in [0.2, 0.25) is 0 Å². The SMILES string of the molecule is CC(C)(CCl)CCSC(F)(F)F. The van der Waals surface area contributed by atoms with Crippen molar-refractivity contribution in [3.8, 4) is 0 Å². The van der Waals surface area contributed by atoms with E-state index >= 15 is 0 Å². The van der Waals surface area contributed by atoms with Crippen LogP contribution < -0.4 is 0 Å². The first-order chi connectivity index (χ1) is 5.27. The monoisotopic (exact) mass is 220 g/mol. The maximum absolute atomic E-state index is 11.7. The molecule has 0 saturated carbocycles. The van der Waals surface area contributed by atoms with Crippen molar-refractivity contribution in [2.75, 3.05) is 11.6 Å². The highest BCUT2D eigenvalue weighted by Crippen LogP contribution is 2.33. The van der Waals surface area contributed by atoms with E-state index in [4.69, 9.17) is 11.6 Å². The van der Waals surface area contributed by atoms with Crippen molar-refractivity contribution in [1.29, 1.82) is 0 Å². The molecule has 0 aromatic carbocycles. The van der Waals surface area contributed by atoms with E-state index in [1.807, 2.05) is 13.8 Å². The average Bonchev–Trinajstić information content (AvgIpc) is 1.84. The van der Waals surface area contributed by atoms with Crippen molar-refractivity contribution in [3.05, 3.63) is 0 Å². The van der Waals surface area contributed by atoms with Gasteiger partial charge in [0.15, 0.2) is 0 Å². The normalized spacial score (nSPS) is 13.5. The van der Waals surface area contributed by atoms with E-state index in [1.54, 1.807) is 0 Å². The highest BCUT2D eigenvalue weighted by Gasteiger charge is 2.29. The zero-order valence-corrected chi connectivity index (χ0v) is 8.61. The molecule has 0 atom stereocenters. The van der Waals surface area contributed by atoms with Gasteiger partial charge in [-0.25, -0.2) is 0 Å². The molecule has 5 heteroatoms. The first-order valence-corrected chi connectivity index (χ1v) is 5.05. The summed E-state index contributed by atoms with van der Waals surface area (Å²) in [5.74, 6) is 0.481. The van der Waals surface area contributed by atoms with Crippen molar-refractivity contribution < 1.29 is 13.2 Å². The van der Waals surface area contributed by atoms with Gasteiger partial charge in [0.1, 0.15) is 0 Å². The van der Waals surface area contributed by atoms with Gasteiger partial charge in [0.05, 0.1) is 0 Å². The minimum atomic E-state index is -4.11. The van der Waals surface area contributed by atoms with Crippen molar-refractivity contribution in [1.82, 2.24) is 0 Å². The van der Waals surface area contributed by atoms with Crippen molar-refractivity contribution in [2.45, 2.75) is 25.8 Å². The Morgan fingerprint density at radius 2 is 1.75 bits per heavy atom. The molecule has 0 aromatic heterocycles. The smallest absolute Gasteiger partial charge is 0.160 e. The van der Waals surface area contributed by atoms with Crippen molar-refractivity contribution in [2.24, 2.45) is 5.41 Å². The fourth-order valence-corrected chi connectivity index (χ4v) is 1.53. The molecule has 0 N–H and O–H groups in total. The van der Waals surface area contributed by atoms with Crippen LogP contribution in [0.1, 0.15) is 20.3 Å². The van der Waals surface area contributed by atoms with Gasteiger partial charge in [0, 0.05) is 11.6 Å². The summed E-state index contributed by atoms with van der Waals surface area (Å²) in [5, 5.41) is 0. The Kier molecular flexibility index (Phi) is 4.77. The molecule has 0 heterocycles. The van der Waals surface area contributed by atoms with Crippen molar-refractivity contribution in [3.63, 3.8) is 0 Å². The molecule has 0 aliphatic heterocycles. The van der Waals surface area contributed by atoms with Crippen LogP contribution in [0.15, 0.2) is 0 Å². The standard InChI is InChI=1S/C7H12ClF3S/c1-6(2,5-8)3-4-12-7(9,10)11/h3-5H2,1-2H3. The number of rotatable bonds is 4. The lowest BCUT2D eigenvalue weighted by molar-refractivity contribution is -0.0328. The molecule has 74 valence electrons. The minimum Gasteiger partial charge on any atom is -0.160 e. The summed E-state index contributed by atoms with van der Waals surface area (Å²) in [5.41, 5.74) is -4.30. The van der Waals surface area contributed by atoms with E-state index in [0.717, 1.165) is 0 Å². The zero-order chi connectivity index (χ0) is 9.83. The summed E-state index contributed by atoms with van der Waals surface area (Å²) in [7, 11) is 0. The predicted octanol–water partition coefficient (Wildman–Crippen LogP) is 3.89. The summed E-state index contributed by atoms with van der Waals surface area (Å²) >= 11 is 5.57. The Hall–Kier alpha value is 0.430. The molecule has 0 aliphatic rings. The lowest BCUT2D eigenvalue weighted by Gasteiger charge is -2.20. The van der Waals surface area contributed by atoms with Crippen LogP contribution in [0.4, 0.5) is 13.2 Å². The molecule has 0 spiro atoms. The van der Waals surface area contributed by atoms with Gasteiger partial charge in [-0.1, -0.05) is 25.6 Å². The quantitative estimate of drug-likeness (QED) is 0.648. The molecule has 0 rings (SSSR count). The second-order valence-corrected chi connectivity index (χ2v) is 4.77. The van der Waals surface area contributed by atoms with Crippen LogP contribution in [0, 0.1) is 5.41 Å². The molecule has 0 unspecified atom stereocenters. The van der Waals surface area contributed by atoms with Gasteiger partial charge in [0.2, 0.25) is 0 Å². The molecule has 12 heavy (non-hydrogen) atoms. The van der Waals surface area contributed by atoms with Crippen LogP contribution in [0.25, 0.3) is 0 Å². The molecule has 0 aliphatic carbocycles. The van der Waals surface area contributed by atoms with Crippen LogP contribution in [0.3, 0.4) is 0 Å². The zero-order valence-electron chi connectivity index (χ0n) is 7.04. The van der Waals surface area contributed by atoms with E-state index in [2.05, 4.69) is 0 Å². The van der Waals surface area contributed by atoms with Gasteiger partial charge < -0.3 is 0 Å². The van der Waals surface area contributed by atoms with Gasteiger partial charge in [-0.15, -0.1) is 11.6 Å². The largest absolute Gasteiger partial charge is 0.441 e. The summed E-state index contributed by atoms with van der Waals surface area (Å²) in [6.45, 7) is 3.72. The maximum Gasteiger partial charge on any atom is 0.441 e. The lowest BCUT2D eigenvalue weighted by Crippen LogP contribution is -2.15. The molecule has 0 radical (unpaired) electrons. The van der Waals surface area contributed by atoms with Gasteiger partial charge in [-0.2, -0.15) is 13.2 Å². The Labute approximate surface area is 79.9 Å². The van der Waals surface area contributed by atoms with Crippen LogP contribution in [0.5, 0.6) is 0 Å². The number of halogens is 4. The van der Waals surface area contributed by atoms with E-state index in [-0.39, 0.29) is 22.9 Å². The molecule has 0 aromatic rings. The van der Waals surface area contributed by atoms with Crippen LogP contribution in [-0.4, -0.2) is 17.1 Å². The second kappa shape index (κ2) is 4.61. The lowest BCUT2D eigenvalue weighted by atomic mass is 9.93. The third kappa shape index (κ3) is 7.10. The average molecular weight is 221 g/mol. The highest BCUT2D eigenvalue weighted by atomic mass is 35.5. The number of thioether (sulfide) groups is 1. The van der Waals surface area contributed by atoms with Gasteiger partial charge in [0.25, 0.3) is 0 Å². The molecule has 0 saturated heterocycles. The van der Waals surface area contributed by atoms with E-state index in [1.165, 1.54) is 0 Å². The molecular formula is C7H12ClF3S.